The number of amides is 7. The summed E-state index contributed by atoms with van der Waals surface area (Å²) >= 11 is 0. The first-order chi connectivity index (χ1) is 37.7. The molecule has 13 rings (SSSR count). The number of hydrogen-bond donors (Lipinski definition) is 2. The van der Waals surface area contributed by atoms with E-state index in [0.29, 0.717) is 69.6 Å². The van der Waals surface area contributed by atoms with Crippen LogP contribution in [0.25, 0.3) is 22.3 Å². The highest BCUT2D eigenvalue weighted by molar-refractivity contribution is 6.25. The van der Waals surface area contributed by atoms with Crippen LogP contribution < -0.4 is 20.4 Å². The molecule has 7 fully saturated rings. The van der Waals surface area contributed by atoms with Gasteiger partial charge < -0.3 is 34.4 Å². The van der Waals surface area contributed by atoms with Gasteiger partial charge >= 0.3 is 0 Å². The molecule has 0 bridgehead atoms. The standard InChI is InChI=1S/C60H73N11O7/c1-35(2)69-34-61-46-32-45(63-54(53(46)69)62-39-13-14-39)37-12-17-44-49(29-37)70(42-30-41(31-42)66-23-5-4-6-24-66)59(78)60(44)21-26-67(27-22-60)56(75)38-20-25-68(33-38)51(73)28-36-10-15-40(16-11-36)65(3)47-9-7-8-43-52(47)58(77)71(57(43)76)48-18-19-50(72)64-55(48)74/h7-9,12,17,29,32,34-36,38-42,48H,4-6,10-11,13-16,18-28,30-31,33H2,1-3H3,(H,62,63)(H,64,72,74)/t36-,38-,40-,41-,42+,48?/m1/s1. The summed E-state index contributed by atoms with van der Waals surface area (Å²) in [7, 11) is 1.93. The maximum absolute atomic E-state index is 15.3. The number of likely N-dealkylation sites (tertiary alicyclic amines) is 3. The topological polar surface area (TPSA) is 194 Å². The zero-order chi connectivity index (χ0) is 53.7. The van der Waals surface area contributed by atoms with Gasteiger partial charge in [-0.25, -0.2) is 9.97 Å². The summed E-state index contributed by atoms with van der Waals surface area (Å²) in [5.41, 5.74) is 6.25. The van der Waals surface area contributed by atoms with E-state index in [9.17, 15) is 28.8 Å². The number of imide groups is 2. The van der Waals surface area contributed by atoms with E-state index in [4.69, 9.17) is 9.97 Å². The summed E-state index contributed by atoms with van der Waals surface area (Å²) in [6.45, 7) is 8.54. The number of piperidine rings is 3. The summed E-state index contributed by atoms with van der Waals surface area (Å²) in [5.74, 6) is -0.980. The lowest BCUT2D eigenvalue weighted by molar-refractivity contribution is -0.139. The fourth-order valence-electron chi connectivity index (χ4n) is 14.7. The Morgan fingerprint density at radius 2 is 1.59 bits per heavy atom. The first kappa shape index (κ1) is 50.8. The molecule has 410 valence electrons. The maximum Gasteiger partial charge on any atom is 0.264 e. The molecule has 18 nitrogen and oxygen atoms in total. The lowest BCUT2D eigenvalue weighted by Crippen LogP contribution is -2.58. The first-order valence-electron chi connectivity index (χ1n) is 29.3. The highest BCUT2D eigenvalue weighted by Crippen LogP contribution is 2.53. The van der Waals surface area contributed by atoms with Gasteiger partial charge in [-0.15, -0.1) is 0 Å². The molecule has 0 radical (unpaired) electrons. The Labute approximate surface area is 455 Å². The molecule has 4 saturated heterocycles. The van der Waals surface area contributed by atoms with Crippen LogP contribution in [-0.4, -0.2) is 152 Å². The summed E-state index contributed by atoms with van der Waals surface area (Å²) in [4.78, 5) is 117. The lowest BCUT2D eigenvalue weighted by Gasteiger charge is -2.48. The third-order valence-electron chi connectivity index (χ3n) is 19.6. The van der Waals surface area contributed by atoms with Crippen molar-refractivity contribution in [3.63, 3.8) is 0 Å². The number of imidazole rings is 1. The van der Waals surface area contributed by atoms with Gasteiger partial charge in [0.05, 0.1) is 45.7 Å². The molecule has 9 aliphatic rings. The molecule has 1 unspecified atom stereocenters. The number of pyridine rings is 1. The Morgan fingerprint density at radius 3 is 2.32 bits per heavy atom. The van der Waals surface area contributed by atoms with Crippen molar-refractivity contribution in [2.75, 3.05) is 61.4 Å². The molecule has 1 spiro atoms. The first-order valence-corrected chi connectivity index (χ1v) is 29.3. The van der Waals surface area contributed by atoms with E-state index in [2.05, 4.69) is 68.0 Å². The molecule has 3 saturated carbocycles. The van der Waals surface area contributed by atoms with E-state index in [1.807, 2.05) is 29.2 Å². The monoisotopic (exact) mass is 1060 g/mol. The zero-order valence-corrected chi connectivity index (χ0v) is 45.4. The Balaban J connectivity index is 0.648. The number of anilines is 3. The van der Waals surface area contributed by atoms with Crippen molar-refractivity contribution >= 4 is 69.6 Å². The molecule has 3 aliphatic carbocycles. The lowest BCUT2D eigenvalue weighted by atomic mass is 9.73. The highest BCUT2D eigenvalue weighted by atomic mass is 16.2. The normalized spacial score (nSPS) is 27.2. The molecule has 2 N–H and O–H groups in total. The van der Waals surface area contributed by atoms with E-state index in [0.717, 1.165) is 109 Å². The molecule has 8 heterocycles. The van der Waals surface area contributed by atoms with Crippen molar-refractivity contribution < 1.29 is 33.6 Å². The maximum atomic E-state index is 15.3. The number of rotatable bonds is 12. The van der Waals surface area contributed by atoms with Crippen molar-refractivity contribution in [2.45, 2.75) is 165 Å². The third-order valence-corrected chi connectivity index (χ3v) is 19.6. The smallest absolute Gasteiger partial charge is 0.264 e. The highest BCUT2D eigenvalue weighted by Gasteiger charge is 2.56. The van der Waals surface area contributed by atoms with Gasteiger partial charge in [0.25, 0.3) is 11.8 Å². The Hall–Kier alpha value is -6.69. The summed E-state index contributed by atoms with van der Waals surface area (Å²) in [6.07, 6.45) is 15.5. The number of carbonyl (C=O) groups is 7. The molecule has 18 heteroatoms. The summed E-state index contributed by atoms with van der Waals surface area (Å²) in [5, 5.41) is 5.96. The second-order valence-electron chi connectivity index (χ2n) is 24.5. The Morgan fingerprint density at radius 1 is 0.821 bits per heavy atom. The molecule has 6 aliphatic heterocycles. The number of aromatic nitrogens is 3. The second kappa shape index (κ2) is 19.9. The molecule has 2 aromatic heterocycles. The molecule has 2 atom stereocenters. The van der Waals surface area contributed by atoms with Gasteiger partial charge in [-0.3, -0.25) is 43.8 Å². The largest absolute Gasteiger partial charge is 0.371 e. The molecular weight excluding hydrogens is 987 g/mol. The molecule has 7 amide bonds. The quantitative estimate of drug-likeness (QED) is 0.141. The number of carbonyl (C=O) groups excluding carboxylic acids is 7. The van der Waals surface area contributed by atoms with Gasteiger partial charge in [-0.05, 0) is 153 Å². The number of nitrogens with one attached hydrogen (secondary N) is 2. The molecule has 78 heavy (non-hydrogen) atoms. The third kappa shape index (κ3) is 8.75. The number of benzene rings is 2. The van der Waals surface area contributed by atoms with Crippen molar-refractivity contribution in [1.29, 1.82) is 0 Å². The zero-order valence-electron chi connectivity index (χ0n) is 45.4. The fraction of sp³-hybridized carbons (Fsp3) is 0.583. The van der Waals surface area contributed by atoms with Gasteiger partial charge in [0.2, 0.25) is 29.5 Å². The average Bonchev–Trinajstić information content (AvgIpc) is 3.85. The van der Waals surface area contributed by atoms with Crippen molar-refractivity contribution in [3.05, 3.63) is 65.5 Å². The predicted octanol–water partition coefficient (Wildman–Crippen LogP) is 6.81. The van der Waals surface area contributed by atoms with Crippen LogP contribution in [0, 0.1) is 11.8 Å². The van der Waals surface area contributed by atoms with Crippen molar-refractivity contribution in [2.24, 2.45) is 11.8 Å². The SMILES string of the molecule is CC(C)n1cnc2cc(-c3ccc4c(c3)N([C@H]3C[C@@H](N5CCCCC5)C3)C(=O)C43CCN(C(=O)[C@@H]4CCN(C(=O)C[C@H]5CC[C@H](N(C)c6cccc7c6C(=O)N(C6CCC(=O)NC6=O)C7=O)CC5)C4)CC3)nc(NC3CC3)c21. The number of nitrogens with zero attached hydrogens (tertiary/aromatic N) is 9. The van der Waals surface area contributed by atoms with Crippen molar-refractivity contribution in [3.8, 4) is 11.3 Å². The van der Waals surface area contributed by atoms with E-state index in [-0.39, 0.29) is 71.7 Å². The van der Waals surface area contributed by atoms with E-state index >= 15 is 4.79 Å². The van der Waals surface area contributed by atoms with Gasteiger partial charge in [0.1, 0.15) is 11.6 Å². The van der Waals surface area contributed by atoms with Gasteiger partial charge in [0, 0.05) is 87.5 Å². The van der Waals surface area contributed by atoms with Gasteiger partial charge in [0.15, 0.2) is 5.82 Å². The Kier molecular flexibility index (Phi) is 13.0. The van der Waals surface area contributed by atoms with Crippen LogP contribution in [0.1, 0.15) is 155 Å². The summed E-state index contributed by atoms with van der Waals surface area (Å²) in [6, 6.07) is 14.1. The molecule has 2 aromatic carbocycles. The van der Waals surface area contributed by atoms with Crippen LogP contribution in [-0.2, 0) is 29.4 Å². The van der Waals surface area contributed by atoms with Gasteiger partial charge in [-0.2, -0.15) is 0 Å². The van der Waals surface area contributed by atoms with E-state index < -0.39 is 35.1 Å². The van der Waals surface area contributed by atoms with E-state index in [1.54, 1.807) is 12.1 Å². The molecule has 4 aromatic rings. The van der Waals surface area contributed by atoms with Crippen LogP contribution in [0.3, 0.4) is 0 Å². The average molecular weight is 1060 g/mol. The fourth-order valence-corrected chi connectivity index (χ4v) is 14.7. The van der Waals surface area contributed by atoms with Crippen LogP contribution >= 0.6 is 0 Å². The van der Waals surface area contributed by atoms with Crippen LogP contribution in [0.15, 0.2) is 48.8 Å². The predicted molar refractivity (Wildman–Crippen MR) is 294 cm³/mol. The number of hydrogen-bond acceptors (Lipinski definition) is 12. The van der Waals surface area contributed by atoms with Crippen LogP contribution in [0.2, 0.25) is 0 Å². The second-order valence-corrected chi connectivity index (χ2v) is 24.5. The van der Waals surface area contributed by atoms with Crippen LogP contribution in [0.5, 0.6) is 0 Å². The van der Waals surface area contributed by atoms with E-state index in [1.165, 1.54) is 19.3 Å². The Bertz CT molecular complexity index is 3120. The minimum atomic E-state index is -1.03. The summed E-state index contributed by atoms with van der Waals surface area (Å²) < 4.78 is 2.19. The minimum absolute atomic E-state index is 0.0593. The van der Waals surface area contributed by atoms with Crippen LogP contribution in [0.4, 0.5) is 17.2 Å². The minimum Gasteiger partial charge on any atom is -0.371 e. The van der Waals surface area contributed by atoms with Crippen molar-refractivity contribution in [1.82, 2.24) is 39.5 Å². The number of fused-ring (bicyclic) bond motifs is 4. The molecular formula is C60H73N11O7. The van der Waals surface area contributed by atoms with Gasteiger partial charge in [-0.1, -0.05) is 24.6 Å².